The Kier molecular flexibility index (Phi) is 3.44. The van der Waals surface area contributed by atoms with E-state index in [-0.39, 0.29) is 11.5 Å². The van der Waals surface area contributed by atoms with E-state index in [1.54, 1.807) is 0 Å². The molecule has 1 heterocycles. The number of hydrogen-bond donors (Lipinski definition) is 0. The highest BCUT2D eigenvalue weighted by Crippen LogP contribution is 2.68. The zero-order valence-corrected chi connectivity index (χ0v) is 15.4. The summed E-state index contributed by atoms with van der Waals surface area (Å²) < 4.78 is 35.2. The van der Waals surface area contributed by atoms with Gasteiger partial charge in [0.2, 0.25) is 5.90 Å². The summed E-state index contributed by atoms with van der Waals surface area (Å²) in [5.74, 6) is 1.77. The minimum atomic E-state index is -3.37. The molecule has 5 heteroatoms. The Morgan fingerprint density at radius 1 is 1.17 bits per heavy atom. The van der Waals surface area contributed by atoms with Crippen molar-refractivity contribution < 1.29 is 13.2 Å². The molecule has 3 fully saturated rings. The predicted octanol–water partition coefficient (Wildman–Crippen LogP) is 3.91. The van der Waals surface area contributed by atoms with Gasteiger partial charge in [-0.1, -0.05) is 27.2 Å². The third-order valence-corrected chi connectivity index (χ3v) is 9.70. The quantitative estimate of drug-likeness (QED) is 0.766. The molecule has 0 spiro atoms. The fourth-order valence-corrected chi connectivity index (χ4v) is 7.50. The van der Waals surface area contributed by atoms with Crippen molar-refractivity contribution in [1.29, 1.82) is 0 Å². The lowest BCUT2D eigenvalue weighted by molar-refractivity contribution is 0.0925. The van der Waals surface area contributed by atoms with Crippen molar-refractivity contribution >= 4 is 15.9 Å². The van der Waals surface area contributed by atoms with Crippen LogP contribution in [0.3, 0.4) is 0 Å². The van der Waals surface area contributed by atoms with Crippen LogP contribution in [-0.4, -0.2) is 25.7 Å². The Labute approximate surface area is 140 Å². The van der Waals surface area contributed by atoms with Crippen molar-refractivity contribution in [2.24, 2.45) is 27.1 Å². The molecule has 4 nitrogen and oxygen atoms in total. The lowest BCUT2D eigenvalue weighted by Gasteiger charge is -2.40. The normalized spacial score (nSPS) is 46.8. The molecule has 130 valence electrons. The Bertz CT molecular complexity index is 639. The number of hydrogen-bond acceptors (Lipinski definition) is 3. The molecule has 0 aromatic carbocycles. The van der Waals surface area contributed by atoms with Gasteiger partial charge >= 0.3 is 0 Å². The van der Waals surface area contributed by atoms with Crippen molar-refractivity contribution in [3.05, 3.63) is 0 Å². The molecule has 4 aliphatic rings. The van der Waals surface area contributed by atoms with E-state index in [1.165, 1.54) is 19.3 Å². The molecule has 0 radical (unpaired) electrons. The van der Waals surface area contributed by atoms with Gasteiger partial charge in [0.05, 0.1) is 0 Å². The highest BCUT2D eigenvalue weighted by Gasteiger charge is 2.61. The zero-order valence-electron chi connectivity index (χ0n) is 14.5. The molecule has 0 saturated heterocycles. The first-order valence-electron chi connectivity index (χ1n) is 9.23. The second kappa shape index (κ2) is 4.96. The molecule has 3 aliphatic carbocycles. The van der Waals surface area contributed by atoms with Gasteiger partial charge < -0.3 is 4.74 Å². The van der Waals surface area contributed by atoms with Crippen LogP contribution in [0.25, 0.3) is 0 Å². The van der Waals surface area contributed by atoms with Crippen LogP contribution < -0.4 is 0 Å². The van der Waals surface area contributed by atoms with Gasteiger partial charge in [0, 0.05) is 6.42 Å². The van der Waals surface area contributed by atoms with Crippen LogP contribution in [0, 0.1) is 22.7 Å². The van der Waals surface area contributed by atoms with E-state index in [0.717, 1.165) is 25.2 Å². The molecular formula is C18H29NO3S. The third-order valence-electron chi connectivity index (χ3n) is 7.94. The SMILES string of the molecule is CC1(C)[C@@H]2CC[C@@]1(C)[C@H](CC1=NS(=O)(=O)C3CCCCC3O1)C2. The fourth-order valence-electron chi connectivity index (χ4n) is 5.92. The summed E-state index contributed by atoms with van der Waals surface area (Å²) in [5, 5.41) is -0.396. The minimum absolute atomic E-state index is 0.152. The summed E-state index contributed by atoms with van der Waals surface area (Å²) in [6.07, 6.45) is 7.93. The Hall–Kier alpha value is -0.580. The van der Waals surface area contributed by atoms with Crippen LogP contribution in [0.1, 0.15) is 72.1 Å². The van der Waals surface area contributed by atoms with Gasteiger partial charge in [0.1, 0.15) is 11.4 Å². The van der Waals surface area contributed by atoms with Crippen molar-refractivity contribution in [1.82, 2.24) is 0 Å². The van der Waals surface area contributed by atoms with Crippen LogP contribution in [0.15, 0.2) is 4.40 Å². The Morgan fingerprint density at radius 2 is 1.91 bits per heavy atom. The van der Waals surface area contributed by atoms with E-state index in [4.69, 9.17) is 4.74 Å². The first-order valence-corrected chi connectivity index (χ1v) is 10.7. The van der Waals surface area contributed by atoms with Gasteiger partial charge in [-0.3, -0.25) is 0 Å². The second-order valence-electron chi connectivity index (χ2n) is 8.99. The van der Waals surface area contributed by atoms with Crippen LogP contribution in [0.4, 0.5) is 0 Å². The molecule has 1 aliphatic heterocycles. The smallest absolute Gasteiger partial charge is 0.262 e. The molecule has 3 saturated carbocycles. The van der Waals surface area contributed by atoms with Crippen LogP contribution in [0.5, 0.6) is 0 Å². The van der Waals surface area contributed by atoms with Crippen LogP contribution in [0.2, 0.25) is 0 Å². The van der Waals surface area contributed by atoms with E-state index in [9.17, 15) is 8.42 Å². The second-order valence-corrected chi connectivity index (χ2v) is 10.8. The predicted molar refractivity (Wildman–Crippen MR) is 90.8 cm³/mol. The van der Waals surface area contributed by atoms with E-state index in [2.05, 4.69) is 25.2 Å². The van der Waals surface area contributed by atoms with Gasteiger partial charge in [-0.05, 0) is 61.2 Å². The van der Waals surface area contributed by atoms with Crippen molar-refractivity contribution in [2.75, 3.05) is 0 Å². The average Bonchev–Trinajstić information content (AvgIpc) is 2.80. The molecule has 4 rings (SSSR count). The average molecular weight is 340 g/mol. The third kappa shape index (κ3) is 2.21. The van der Waals surface area contributed by atoms with Crippen LogP contribution in [-0.2, 0) is 14.8 Å². The first kappa shape index (κ1) is 15.9. The lowest BCUT2D eigenvalue weighted by atomic mass is 9.66. The number of sulfonamides is 1. The first-order chi connectivity index (χ1) is 10.7. The molecule has 2 bridgehead atoms. The molecule has 23 heavy (non-hydrogen) atoms. The maximum atomic E-state index is 12.5. The molecule has 0 N–H and O–H groups in total. The highest BCUT2D eigenvalue weighted by atomic mass is 32.2. The summed E-state index contributed by atoms with van der Waals surface area (Å²) in [6.45, 7) is 7.18. The van der Waals surface area contributed by atoms with Gasteiger partial charge in [-0.25, -0.2) is 8.42 Å². The highest BCUT2D eigenvalue weighted by molar-refractivity contribution is 7.91. The number of ether oxygens (including phenoxy) is 1. The lowest BCUT2D eigenvalue weighted by Crippen LogP contribution is -2.44. The summed E-state index contributed by atoms with van der Waals surface area (Å²) in [7, 11) is -3.37. The summed E-state index contributed by atoms with van der Waals surface area (Å²) in [5.41, 5.74) is 0.635. The number of rotatable bonds is 2. The van der Waals surface area contributed by atoms with Gasteiger partial charge in [0.25, 0.3) is 10.0 Å². The minimum Gasteiger partial charge on any atom is -0.475 e. The number of fused-ring (bicyclic) bond motifs is 3. The maximum absolute atomic E-state index is 12.5. The number of nitrogens with zero attached hydrogens (tertiary/aromatic N) is 1. The van der Waals surface area contributed by atoms with Gasteiger partial charge in [0.15, 0.2) is 0 Å². The monoisotopic (exact) mass is 339 g/mol. The maximum Gasteiger partial charge on any atom is 0.262 e. The molecule has 5 atom stereocenters. The Balaban J connectivity index is 1.57. The van der Waals surface area contributed by atoms with E-state index >= 15 is 0 Å². The molecule has 0 aromatic rings. The molecular weight excluding hydrogens is 310 g/mol. The van der Waals surface area contributed by atoms with Crippen molar-refractivity contribution in [2.45, 2.75) is 83.5 Å². The van der Waals surface area contributed by atoms with Crippen molar-refractivity contribution in [3.63, 3.8) is 0 Å². The van der Waals surface area contributed by atoms with E-state index in [1.807, 2.05) is 0 Å². The topological polar surface area (TPSA) is 55.7 Å². The standard InChI is InChI=1S/C18H29NO3S/c1-17(2)12-8-9-18(17,3)13(10-12)11-16-19-23(20,21)15-7-5-4-6-14(15)22-16/h12-15H,4-11H2,1-3H3/t12-,13+,14?,15?,18+/m1/s1. The summed E-state index contributed by atoms with van der Waals surface area (Å²) in [6, 6.07) is 0. The molecule has 0 aromatic heterocycles. The largest absolute Gasteiger partial charge is 0.475 e. The zero-order chi connectivity index (χ0) is 16.5. The van der Waals surface area contributed by atoms with Crippen LogP contribution >= 0.6 is 0 Å². The summed E-state index contributed by atoms with van der Waals surface area (Å²) >= 11 is 0. The van der Waals surface area contributed by atoms with Crippen molar-refractivity contribution in [3.8, 4) is 0 Å². The summed E-state index contributed by atoms with van der Waals surface area (Å²) in [4.78, 5) is 0. The van der Waals surface area contributed by atoms with Gasteiger partial charge in [-0.15, -0.1) is 4.40 Å². The molecule has 0 amide bonds. The molecule has 2 unspecified atom stereocenters. The Morgan fingerprint density at radius 3 is 2.57 bits per heavy atom. The van der Waals surface area contributed by atoms with Gasteiger partial charge in [-0.2, -0.15) is 0 Å². The fraction of sp³-hybridized carbons (Fsp3) is 0.944. The van der Waals surface area contributed by atoms with E-state index < -0.39 is 15.3 Å². The van der Waals surface area contributed by atoms with E-state index in [0.29, 0.717) is 30.1 Å².